The van der Waals surface area contributed by atoms with Gasteiger partial charge in [0, 0.05) is 17.1 Å². The first-order valence-electron chi connectivity index (χ1n) is 5.38. The average molecular weight is 225 g/mol. The lowest BCUT2D eigenvalue weighted by Crippen LogP contribution is -2.03. The molecule has 0 saturated carbocycles. The summed E-state index contributed by atoms with van der Waals surface area (Å²) in [4.78, 5) is 4.28. The molecule has 17 heavy (non-hydrogen) atoms. The Morgan fingerprint density at radius 1 is 1.12 bits per heavy atom. The topological polar surface area (TPSA) is 50.9 Å². The molecule has 0 aliphatic carbocycles. The quantitative estimate of drug-likeness (QED) is 0.724. The van der Waals surface area contributed by atoms with Gasteiger partial charge >= 0.3 is 0 Å². The first kappa shape index (κ1) is 9.99. The molecule has 3 aromatic rings. The van der Waals surface area contributed by atoms with Crippen LogP contribution < -0.4 is 0 Å². The van der Waals surface area contributed by atoms with E-state index in [1.165, 1.54) is 0 Å². The Morgan fingerprint density at radius 3 is 2.88 bits per heavy atom. The molecule has 0 unspecified atom stereocenters. The van der Waals surface area contributed by atoms with Gasteiger partial charge < -0.3 is 5.11 Å². The van der Waals surface area contributed by atoms with E-state index in [4.69, 9.17) is 0 Å². The molecule has 0 bridgehead atoms. The van der Waals surface area contributed by atoms with E-state index >= 15 is 0 Å². The molecule has 0 fully saturated rings. The van der Waals surface area contributed by atoms with E-state index in [-0.39, 0.29) is 6.61 Å². The van der Waals surface area contributed by atoms with Crippen molar-refractivity contribution in [3.63, 3.8) is 0 Å². The standard InChI is InChI=1S/C13H11N3O/c17-9-11-5-3-7-14-13(11)16-12-6-2-1-4-10(12)8-15-16/h1-8,17H,9H2. The number of aliphatic hydroxyl groups excluding tert-OH is 1. The molecule has 0 amide bonds. The summed E-state index contributed by atoms with van der Waals surface area (Å²) in [7, 11) is 0. The highest BCUT2D eigenvalue weighted by Gasteiger charge is 2.08. The number of hydrogen-bond donors (Lipinski definition) is 1. The van der Waals surface area contributed by atoms with Gasteiger partial charge in [0.1, 0.15) is 0 Å². The highest BCUT2D eigenvalue weighted by atomic mass is 16.3. The van der Waals surface area contributed by atoms with Gasteiger partial charge in [-0.15, -0.1) is 0 Å². The summed E-state index contributed by atoms with van der Waals surface area (Å²) in [6.45, 7) is -0.0443. The van der Waals surface area contributed by atoms with E-state index < -0.39 is 0 Å². The number of aliphatic hydroxyl groups is 1. The monoisotopic (exact) mass is 225 g/mol. The first-order valence-corrected chi connectivity index (χ1v) is 5.38. The third-order valence-corrected chi connectivity index (χ3v) is 2.72. The van der Waals surface area contributed by atoms with Gasteiger partial charge in [-0.25, -0.2) is 9.67 Å². The molecule has 4 nitrogen and oxygen atoms in total. The van der Waals surface area contributed by atoms with Crippen molar-refractivity contribution in [2.24, 2.45) is 0 Å². The van der Waals surface area contributed by atoms with E-state index in [0.717, 1.165) is 16.5 Å². The number of aromatic nitrogens is 3. The summed E-state index contributed by atoms with van der Waals surface area (Å²) in [5.74, 6) is 0.677. The fraction of sp³-hybridized carbons (Fsp3) is 0.0769. The van der Waals surface area contributed by atoms with Crippen LogP contribution in [0, 0.1) is 0 Å². The lowest BCUT2D eigenvalue weighted by molar-refractivity contribution is 0.281. The Bertz CT molecular complexity index is 660. The second kappa shape index (κ2) is 3.99. The van der Waals surface area contributed by atoms with Gasteiger partial charge in [0.2, 0.25) is 0 Å². The number of hydrogen-bond acceptors (Lipinski definition) is 3. The smallest absolute Gasteiger partial charge is 0.159 e. The van der Waals surface area contributed by atoms with Crippen LogP contribution in [0.5, 0.6) is 0 Å². The number of benzene rings is 1. The van der Waals surface area contributed by atoms with Crippen LogP contribution in [0.2, 0.25) is 0 Å². The summed E-state index contributed by atoms with van der Waals surface area (Å²) in [5.41, 5.74) is 1.75. The normalized spacial score (nSPS) is 10.9. The highest BCUT2D eigenvalue weighted by Crippen LogP contribution is 2.18. The molecule has 84 valence electrons. The van der Waals surface area contributed by atoms with E-state index in [1.807, 2.05) is 30.3 Å². The van der Waals surface area contributed by atoms with Gasteiger partial charge in [-0.05, 0) is 12.1 Å². The van der Waals surface area contributed by atoms with Crippen LogP contribution in [0.3, 0.4) is 0 Å². The van der Waals surface area contributed by atoms with Crippen molar-refractivity contribution in [2.75, 3.05) is 0 Å². The molecule has 0 saturated heterocycles. The fourth-order valence-electron chi connectivity index (χ4n) is 1.88. The predicted molar refractivity (Wildman–Crippen MR) is 64.8 cm³/mol. The second-order valence-corrected chi connectivity index (χ2v) is 3.76. The van der Waals surface area contributed by atoms with Crippen LogP contribution in [0.4, 0.5) is 0 Å². The van der Waals surface area contributed by atoms with Crippen LogP contribution in [-0.2, 0) is 6.61 Å². The van der Waals surface area contributed by atoms with Gasteiger partial charge in [-0.1, -0.05) is 24.3 Å². The molecule has 4 heteroatoms. The van der Waals surface area contributed by atoms with Gasteiger partial charge in [0.25, 0.3) is 0 Å². The predicted octanol–water partition coefficient (Wildman–Crippen LogP) is 1.91. The maximum atomic E-state index is 9.31. The SMILES string of the molecule is OCc1cccnc1-n1ncc2ccccc21. The first-order chi connectivity index (χ1) is 8.40. The van der Waals surface area contributed by atoms with Crippen molar-refractivity contribution in [1.82, 2.24) is 14.8 Å². The van der Waals surface area contributed by atoms with E-state index in [0.29, 0.717) is 5.82 Å². The minimum atomic E-state index is -0.0443. The Morgan fingerprint density at radius 2 is 2.00 bits per heavy atom. The van der Waals surface area contributed by atoms with Crippen LogP contribution in [-0.4, -0.2) is 19.9 Å². The summed E-state index contributed by atoms with van der Waals surface area (Å²) < 4.78 is 1.75. The minimum absolute atomic E-state index is 0.0443. The summed E-state index contributed by atoms with van der Waals surface area (Å²) >= 11 is 0. The number of para-hydroxylation sites is 1. The Labute approximate surface area is 98.2 Å². The van der Waals surface area contributed by atoms with E-state index in [9.17, 15) is 5.11 Å². The van der Waals surface area contributed by atoms with Crippen molar-refractivity contribution in [3.05, 3.63) is 54.4 Å². The fourth-order valence-corrected chi connectivity index (χ4v) is 1.88. The molecule has 0 aliphatic heterocycles. The van der Waals surface area contributed by atoms with Crippen LogP contribution in [0.15, 0.2) is 48.8 Å². The number of fused-ring (bicyclic) bond motifs is 1. The lowest BCUT2D eigenvalue weighted by atomic mass is 10.2. The minimum Gasteiger partial charge on any atom is -0.392 e. The Balaban J connectivity index is 2.27. The molecule has 0 aliphatic rings. The maximum Gasteiger partial charge on any atom is 0.159 e. The molecule has 1 aromatic carbocycles. The zero-order chi connectivity index (χ0) is 11.7. The molecule has 0 spiro atoms. The average Bonchev–Trinajstić information content (AvgIpc) is 2.82. The second-order valence-electron chi connectivity index (χ2n) is 3.76. The van der Waals surface area contributed by atoms with Gasteiger partial charge in [0.05, 0.1) is 18.3 Å². The van der Waals surface area contributed by atoms with E-state index in [1.54, 1.807) is 23.1 Å². The zero-order valence-electron chi connectivity index (χ0n) is 9.11. The largest absolute Gasteiger partial charge is 0.392 e. The van der Waals surface area contributed by atoms with Gasteiger partial charge in [-0.2, -0.15) is 5.10 Å². The molecule has 0 radical (unpaired) electrons. The van der Waals surface area contributed by atoms with Crippen molar-refractivity contribution in [3.8, 4) is 5.82 Å². The summed E-state index contributed by atoms with van der Waals surface area (Å²) in [6, 6.07) is 11.6. The molecule has 2 heterocycles. The Hall–Kier alpha value is -2.20. The van der Waals surface area contributed by atoms with Crippen molar-refractivity contribution >= 4 is 10.9 Å². The van der Waals surface area contributed by atoms with Crippen LogP contribution in [0.1, 0.15) is 5.56 Å². The third-order valence-electron chi connectivity index (χ3n) is 2.72. The summed E-state index contributed by atoms with van der Waals surface area (Å²) in [5, 5.41) is 14.7. The third kappa shape index (κ3) is 1.59. The van der Waals surface area contributed by atoms with Gasteiger partial charge in [-0.3, -0.25) is 0 Å². The van der Waals surface area contributed by atoms with Crippen LogP contribution in [0.25, 0.3) is 16.7 Å². The van der Waals surface area contributed by atoms with E-state index in [2.05, 4.69) is 10.1 Å². The number of pyridine rings is 1. The number of rotatable bonds is 2. The molecule has 3 rings (SSSR count). The molecule has 1 N–H and O–H groups in total. The summed E-state index contributed by atoms with van der Waals surface area (Å²) in [6.07, 6.45) is 3.50. The molecule has 2 aromatic heterocycles. The van der Waals surface area contributed by atoms with Crippen molar-refractivity contribution in [1.29, 1.82) is 0 Å². The number of nitrogens with zero attached hydrogens (tertiary/aromatic N) is 3. The Kier molecular flexibility index (Phi) is 2.34. The highest BCUT2D eigenvalue weighted by molar-refractivity contribution is 5.79. The molecule has 0 atom stereocenters. The zero-order valence-corrected chi connectivity index (χ0v) is 9.11. The molecular weight excluding hydrogens is 214 g/mol. The molecular formula is C13H11N3O. The van der Waals surface area contributed by atoms with Gasteiger partial charge in [0.15, 0.2) is 5.82 Å². The van der Waals surface area contributed by atoms with Crippen molar-refractivity contribution in [2.45, 2.75) is 6.61 Å². The lowest BCUT2D eigenvalue weighted by Gasteiger charge is -2.06. The maximum absolute atomic E-state index is 9.31. The van der Waals surface area contributed by atoms with Crippen LogP contribution >= 0.6 is 0 Å². The van der Waals surface area contributed by atoms with Crippen molar-refractivity contribution < 1.29 is 5.11 Å².